The van der Waals surface area contributed by atoms with Gasteiger partial charge in [0.2, 0.25) is 0 Å². The molecule has 0 unspecified atom stereocenters. The Morgan fingerprint density at radius 2 is 1.85 bits per heavy atom. The molecule has 0 bridgehead atoms. The fraction of sp³-hybridized carbons (Fsp3) is 0.241. The van der Waals surface area contributed by atoms with Crippen LogP contribution in [0.25, 0.3) is 10.9 Å². The van der Waals surface area contributed by atoms with E-state index in [2.05, 4.69) is 15.3 Å². The van der Waals surface area contributed by atoms with Crippen molar-refractivity contribution in [2.24, 2.45) is 5.92 Å². The Labute approximate surface area is 222 Å². The highest BCUT2D eigenvalue weighted by atomic mass is 19.1. The lowest BCUT2D eigenvalue weighted by molar-refractivity contribution is 0.0696. The third-order valence-corrected chi connectivity index (χ3v) is 6.37. The van der Waals surface area contributed by atoms with Crippen LogP contribution in [0.2, 0.25) is 0 Å². The number of benzene rings is 3. The molecule has 0 saturated heterocycles. The molecule has 0 spiro atoms. The normalized spacial score (nSPS) is 12.7. The number of ether oxygens (including phenoxy) is 2. The standard InChI is InChI=1S/C29H26FN3O6/c30-22-10-11-23-24(25(22)38-13-12-17-6-8-20(9-7-17)29(36)37)27(34)33-26(32-23)28(35)31-15-19-2-1-3-21(14-19)39-16-18-4-5-18/h1-3,6-11,14,18H,4-5,12-13,15-16H2,(H,31,35)(H,36,37)(H,32,33,34). The average molecular weight is 532 g/mol. The zero-order valence-electron chi connectivity index (χ0n) is 20.9. The molecule has 0 atom stereocenters. The number of rotatable bonds is 11. The molecular weight excluding hydrogens is 505 g/mol. The summed E-state index contributed by atoms with van der Waals surface area (Å²) < 4.78 is 26.0. The van der Waals surface area contributed by atoms with E-state index in [0.717, 1.165) is 22.9 Å². The summed E-state index contributed by atoms with van der Waals surface area (Å²) in [4.78, 5) is 43.3. The van der Waals surface area contributed by atoms with Crippen LogP contribution in [-0.2, 0) is 13.0 Å². The number of hydrogen-bond donors (Lipinski definition) is 3. The minimum atomic E-state index is -1.03. The van der Waals surface area contributed by atoms with Gasteiger partial charge in [-0.3, -0.25) is 9.59 Å². The summed E-state index contributed by atoms with van der Waals surface area (Å²) in [5, 5.41) is 11.6. The molecule has 1 aromatic heterocycles. The maximum atomic E-state index is 14.6. The van der Waals surface area contributed by atoms with Gasteiger partial charge in [0.1, 0.15) is 11.1 Å². The molecule has 1 saturated carbocycles. The van der Waals surface area contributed by atoms with Crippen molar-refractivity contribution in [2.75, 3.05) is 13.2 Å². The zero-order valence-corrected chi connectivity index (χ0v) is 20.9. The number of nitrogens with one attached hydrogen (secondary N) is 2. The number of carbonyl (C=O) groups excluding carboxylic acids is 1. The predicted octanol–water partition coefficient (Wildman–Crippen LogP) is 4.10. The Balaban J connectivity index is 1.25. The lowest BCUT2D eigenvalue weighted by Crippen LogP contribution is -2.27. The Morgan fingerprint density at radius 1 is 1.05 bits per heavy atom. The molecule has 1 fully saturated rings. The number of H-pyrrole nitrogens is 1. The minimum absolute atomic E-state index is 0.0353. The van der Waals surface area contributed by atoms with Crippen molar-refractivity contribution < 1.29 is 28.6 Å². The van der Waals surface area contributed by atoms with Crippen molar-refractivity contribution in [1.82, 2.24) is 15.3 Å². The molecular formula is C29H26FN3O6. The van der Waals surface area contributed by atoms with Crippen molar-refractivity contribution in [3.8, 4) is 11.5 Å². The third-order valence-electron chi connectivity index (χ3n) is 6.37. The first-order valence-corrected chi connectivity index (χ1v) is 12.5. The number of carboxylic acids is 1. The van der Waals surface area contributed by atoms with Crippen LogP contribution in [0.3, 0.4) is 0 Å². The molecule has 3 N–H and O–H groups in total. The number of carboxylic acid groups (broad SMARTS) is 1. The molecule has 200 valence electrons. The van der Waals surface area contributed by atoms with Gasteiger partial charge >= 0.3 is 5.97 Å². The number of aromatic nitrogens is 2. The average Bonchev–Trinajstić information content (AvgIpc) is 3.77. The maximum absolute atomic E-state index is 14.6. The highest BCUT2D eigenvalue weighted by molar-refractivity contribution is 5.93. The summed E-state index contributed by atoms with van der Waals surface area (Å²) >= 11 is 0. The molecule has 10 heteroatoms. The number of nitrogens with zero attached hydrogens (tertiary/aromatic N) is 1. The van der Waals surface area contributed by atoms with E-state index in [4.69, 9.17) is 14.6 Å². The molecule has 1 aliphatic rings. The summed E-state index contributed by atoms with van der Waals surface area (Å²) in [6, 6.07) is 16.1. The number of aromatic amines is 1. The van der Waals surface area contributed by atoms with Crippen molar-refractivity contribution in [1.29, 1.82) is 0 Å². The Kier molecular flexibility index (Phi) is 7.53. The number of aromatic carboxylic acids is 1. The zero-order chi connectivity index (χ0) is 27.4. The van der Waals surface area contributed by atoms with Gasteiger partial charge in [0.25, 0.3) is 11.5 Å². The number of hydrogen-bond acceptors (Lipinski definition) is 6. The Morgan fingerprint density at radius 3 is 2.59 bits per heavy atom. The third kappa shape index (κ3) is 6.40. The summed E-state index contributed by atoms with van der Waals surface area (Å²) in [7, 11) is 0. The van der Waals surface area contributed by atoms with Gasteiger partial charge in [-0.2, -0.15) is 0 Å². The highest BCUT2D eigenvalue weighted by Gasteiger charge is 2.22. The number of carbonyl (C=O) groups is 2. The summed E-state index contributed by atoms with van der Waals surface area (Å²) in [5.41, 5.74) is 1.17. The van der Waals surface area contributed by atoms with Crippen LogP contribution in [0.15, 0.2) is 65.5 Å². The molecule has 5 rings (SSSR count). The first-order chi connectivity index (χ1) is 18.9. The molecule has 0 radical (unpaired) electrons. The van der Waals surface area contributed by atoms with Gasteiger partial charge in [-0.1, -0.05) is 24.3 Å². The van der Waals surface area contributed by atoms with Crippen molar-refractivity contribution >= 4 is 22.8 Å². The number of fused-ring (bicyclic) bond motifs is 1. The fourth-order valence-electron chi connectivity index (χ4n) is 4.02. The van der Waals surface area contributed by atoms with Crippen LogP contribution in [0, 0.1) is 11.7 Å². The van der Waals surface area contributed by atoms with E-state index in [9.17, 15) is 18.8 Å². The van der Waals surface area contributed by atoms with Gasteiger partial charge in [0.05, 0.1) is 24.3 Å². The van der Waals surface area contributed by atoms with Gasteiger partial charge in [0.15, 0.2) is 17.4 Å². The van der Waals surface area contributed by atoms with E-state index < -0.39 is 23.3 Å². The van der Waals surface area contributed by atoms with E-state index in [1.807, 2.05) is 24.3 Å². The van der Waals surface area contributed by atoms with Gasteiger partial charge < -0.3 is 24.9 Å². The summed E-state index contributed by atoms with van der Waals surface area (Å²) in [5.74, 6) is -1.47. The van der Waals surface area contributed by atoms with Gasteiger partial charge in [0, 0.05) is 13.0 Å². The molecule has 1 heterocycles. The second-order valence-electron chi connectivity index (χ2n) is 9.37. The first-order valence-electron chi connectivity index (χ1n) is 12.5. The monoisotopic (exact) mass is 531 g/mol. The molecule has 4 aromatic rings. The maximum Gasteiger partial charge on any atom is 0.335 e. The SMILES string of the molecule is O=C(O)c1ccc(CCOc2c(F)ccc3nc(C(=O)NCc4cccc(OCC5CC5)c4)[nH]c(=O)c23)cc1. The fourth-order valence-corrected chi connectivity index (χ4v) is 4.02. The summed E-state index contributed by atoms with van der Waals surface area (Å²) in [6.45, 7) is 0.921. The Hall–Kier alpha value is -4.73. The van der Waals surface area contributed by atoms with Crippen LogP contribution >= 0.6 is 0 Å². The van der Waals surface area contributed by atoms with Crippen molar-refractivity contribution in [2.45, 2.75) is 25.8 Å². The van der Waals surface area contributed by atoms with E-state index in [1.165, 1.54) is 31.0 Å². The lowest BCUT2D eigenvalue weighted by Gasteiger charge is -2.11. The van der Waals surface area contributed by atoms with Gasteiger partial charge in [-0.25, -0.2) is 14.2 Å². The highest BCUT2D eigenvalue weighted by Crippen LogP contribution is 2.29. The van der Waals surface area contributed by atoms with E-state index in [0.29, 0.717) is 18.9 Å². The predicted molar refractivity (Wildman–Crippen MR) is 141 cm³/mol. The van der Waals surface area contributed by atoms with Crippen LogP contribution in [-0.4, -0.2) is 40.2 Å². The van der Waals surface area contributed by atoms with Gasteiger partial charge in [-0.05, 0) is 66.3 Å². The number of amides is 1. The molecule has 1 amide bonds. The largest absolute Gasteiger partial charge is 0.493 e. The molecule has 3 aromatic carbocycles. The van der Waals surface area contributed by atoms with Crippen molar-refractivity contribution in [3.63, 3.8) is 0 Å². The molecule has 1 aliphatic carbocycles. The second kappa shape index (κ2) is 11.3. The first kappa shape index (κ1) is 25.9. The van der Waals surface area contributed by atoms with Crippen LogP contribution in [0.1, 0.15) is 44.9 Å². The number of halogens is 1. The van der Waals surface area contributed by atoms with Crippen molar-refractivity contribution in [3.05, 3.63) is 99.3 Å². The van der Waals surface area contributed by atoms with E-state index >= 15 is 0 Å². The topological polar surface area (TPSA) is 131 Å². The quantitative estimate of drug-likeness (QED) is 0.266. The van der Waals surface area contributed by atoms with E-state index in [-0.39, 0.29) is 41.2 Å². The lowest BCUT2D eigenvalue weighted by atomic mass is 10.1. The smallest absolute Gasteiger partial charge is 0.335 e. The Bertz CT molecular complexity index is 1580. The summed E-state index contributed by atoms with van der Waals surface area (Å²) in [6.07, 6.45) is 2.74. The van der Waals surface area contributed by atoms with Crippen LogP contribution in [0.5, 0.6) is 11.5 Å². The van der Waals surface area contributed by atoms with E-state index in [1.54, 1.807) is 12.1 Å². The van der Waals surface area contributed by atoms with Crippen LogP contribution in [0.4, 0.5) is 4.39 Å². The van der Waals surface area contributed by atoms with Gasteiger partial charge in [-0.15, -0.1) is 0 Å². The second-order valence-corrected chi connectivity index (χ2v) is 9.37. The molecule has 0 aliphatic heterocycles. The molecule has 9 nitrogen and oxygen atoms in total. The molecule has 39 heavy (non-hydrogen) atoms. The minimum Gasteiger partial charge on any atom is -0.493 e. The van der Waals surface area contributed by atoms with Crippen LogP contribution < -0.4 is 20.3 Å².